The molecule has 0 bridgehead atoms. The lowest BCUT2D eigenvalue weighted by atomic mass is 9.46. The number of halogens is 1. The Balaban J connectivity index is 0.891. The van der Waals surface area contributed by atoms with E-state index in [0.29, 0.717) is 36.7 Å². The third-order valence-electron chi connectivity index (χ3n) is 13.5. The van der Waals surface area contributed by atoms with E-state index in [0.717, 1.165) is 87.2 Å². The van der Waals surface area contributed by atoms with Crippen molar-refractivity contribution < 1.29 is 18.7 Å². The highest BCUT2D eigenvalue weighted by atomic mass is 19.1. The average molecular weight is 650 g/mol. The van der Waals surface area contributed by atoms with Gasteiger partial charge in [0.15, 0.2) is 11.4 Å². The van der Waals surface area contributed by atoms with E-state index < -0.39 is 11.0 Å². The van der Waals surface area contributed by atoms with E-state index in [-0.39, 0.29) is 17.0 Å². The van der Waals surface area contributed by atoms with Gasteiger partial charge in [-0.15, -0.1) is 0 Å². The molecule has 48 heavy (non-hydrogen) atoms. The minimum Gasteiger partial charge on any atom is -0.423 e. The van der Waals surface area contributed by atoms with Crippen LogP contribution >= 0.6 is 0 Å². The number of para-hydroxylation sites is 2. The molecule has 5 aliphatic rings. The minimum atomic E-state index is -1.28. The van der Waals surface area contributed by atoms with Gasteiger partial charge in [0.05, 0.1) is 24.1 Å². The van der Waals surface area contributed by atoms with Gasteiger partial charge in [0, 0.05) is 31.6 Å². The third kappa shape index (κ3) is 4.42. The molecule has 1 aliphatic heterocycles. The van der Waals surface area contributed by atoms with Crippen LogP contribution in [0.3, 0.4) is 0 Å². The van der Waals surface area contributed by atoms with Crippen LogP contribution in [0.25, 0.3) is 22.9 Å². The van der Waals surface area contributed by atoms with E-state index in [1.165, 1.54) is 23.3 Å². The summed E-state index contributed by atoms with van der Waals surface area (Å²) in [5, 5.41) is 17.1. The van der Waals surface area contributed by atoms with Crippen LogP contribution in [0.15, 0.2) is 64.7 Å². The fourth-order valence-electron chi connectivity index (χ4n) is 10.7. The number of Topliss-reactive ketones (excluding diaryl/α,β-unsaturated/α-hetero) is 1. The monoisotopic (exact) mass is 649 g/mol. The number of hydrogen-bond acceptors (Lipinski definition) is 7. The Morgan fingerprint density at radius 1 is 1.00 bits per heavy atom. The molecule has 0 spiro atoms. The predicted molar refractivity (Wildman–Crippen MR) is 182 cm³/mol. The van der Waals surface area contributed by atoms with Crippen molar-refractivity contribution in [3.8, 4) is 5.69 Å². The van der Waals surface area contributed by atoms with Crippen molar-refractivity contribution in [2.45, 2.75) is 64.4 Å². The molecule has 8 nitrogen and oxygen atoms in total. The largest absolute Gasteiger partial charge is 0.423 e. The van der Waals surface area contributed by atoms with Crippen LogP contribution in [0.1, 0.15) is 63.6 Å². The summed E-state index contributed by atoms with van der Waals surface area (Å²) in [5.41, 5.74) is 4.71. The van der Waals surface area contributed by atoms with Gasteiger partial charge in [-0.05, 0) is 116 Å². The molecule has 9 heteroatoms. The van der Waals surface area contributed by atoms with Crippen molar-refractivity contribution >= 4 is 29.0 Å². The molecule has 3 heterocycles. The lowest BCUT2D eigenvalue weighted by Crippen LogP contribution is -2.60. The van der Waals surface area contributed by atoms with Crippen molar-refractivity contribution in [1.29, 1.82) is 0 Å². The second-order valence-corrected chi connectivity index (χ2v) is 15.6. The normalized spacial score (nSPS) is 33.1. The molecule has 1 saturated heterocycles. The van der Waals surface area contributed by atoms with Gasteiger partial charge in [-0.3, -0.25) is 9.69 Å². The topological polar surface area (TPSA) is 87.6 Å². The third-order valence-corrected chi connectivity index (χ3v) is 13.5. The molecule has 4 fully saturated rings. The van der Waals surface area contributed by atoms with E-state index >= 15 is 0 Å². The molecule has 0 radical (unpaired) electrons. The van der Waals surface area contributed by atoms with Crippen LogP contribution in [-0.4, -0.2) is 68.9 Å². The summed E-state index contributed by atoms with van der Waals surface area (Å²) in [6, 6.07) is 15.0. The van der Waals surface area contributed by atoms with Gasteiger partial charge < -0.3 is 14.4 Å². The highest BCUT2D eigenvalue weighted by molar-refractivity contribution is 5.90. The Morgan fingerprint density at radius 3 is 2.56 bits per heavy atom. The van der Waals surface area contributed by atoms with Crippen LogP contribution in [0.2, 0.25) is 0 Å². The highest BCUT2D eigenvalue weighted by Crippen LogP contribution is 2.67. The second kappa shape index (κ2) is 10.8. The zero-order valence-electron chi connectivity index (χ0n) is 27.9. The highest BCUT2D eigenvalue weighted by Gasteiger charge is 2.66. The zero-order valence-corrected chi connectivity index (χ0v) is 27.9. The van der Waals surface area contributed by atoms with Crippen LogP contribution in [0.4, 0.5) is 10.4 Å². The van der Waals surface area contributed by atoms with Crippen molar-refractivity contribution in [1.82, 2.24) is 19.7 Å². The Kier molecular flexibility index (Phi) is 6.83. The van der Waals surface area contributed by atoms with Crippen LogP contribution < -0.4 is 4.90 Å². The maximum absolute atomic E-state index is 14.1. The maximum atomic E-state index is 14.1. The number of aromatic nitrogens is 3. The summed E-state index contributed by atoms with van der Waals surface area (Å²) in [7, 11) is 0. The van der Waals surface area contributed by atoms with Gasteiger partial charge in [-0.1, -0.05) is 31.6 Å². The Morgan fingerprint density at radius 2 is 1.77 bits per heavy atom. The lowest BCUT2D eigenvalue weighted by Gasteiger charge is -2.59. The molecular formula is C39H44FN5O3. The molecule has 3 unspecified atom stereocenters. The first kappa shape index (κ1) is 30.3. The molecule has 250 valence electrons. The summed E-state index contributed by atoms with van der Waals surface area (Å²) in [6.45, 7) is 7.91. The number of ketones is 1. The van der Waals surface area contributed by atoms with E-state index in [4.69, 9.17) is 9.52 Å². The van der Waals surface area contributed by atoms with E-state index in [2.05, 4.69) is 34.7 Å². The van der Waals surface area contributed by atoms with Gasteiger partial charge in [-0.2, -0.15) is 10.1 Å². The quantitative estimate of drug-likeness (QED) is 0.266. The first-order valence-corrected chi connectivity index (χ1v) is 17.8. The number of hydrogen-bond donors (Lipinski definition) is 1. The molecule has 9 rings (SSSR count). The number of rotatable bonds is 5. The Hall–Kier alpha value is -3.82. The molecule has 2 aromatic heterocycles. The molecule has 0 amide bonds. The number of carbonyl (C=O) groups excluding carboxylic acids is 1. The lowest BCUT2D eigenvalue weighted by molar-refractivity contribution is -0.162. The number of anilines is 1. The van der Waals surface area contributed by atoms with Crippen molar-refractivity contribution in [3.05, 3.63) is 77.4 Å². The molecule has 1 N–H and O–H groups in total. The summed E-state index contributed by atoms with van der Waals surface area (Å²) in [5.74, 6) is 1.09. The number of fused-ring (bicyclic) bond motifs is 7. The number of nitrogens with zero attached hydrogens (tertiary/aromatic N) is 5. The van der Waals surface area contributed by atoms with E-state index in [9.17, 15) is 14.3 Å². The fraction of sp³-hybridized carbons (Fsp3) is 0.513. The summed E-state index contributed by atoms with van der Waals surface area (Å²) >= 11 is 0. The van der Waals surface area contributed by atoms with Crippen molar-refractivity contribution in [2.24, 2.45) is 28.6 Å². The SMILES string of the molecule is C[C@]12Cc3cnn(-c4ccc(F)cc4)c3C=C1CCC1C2CC[C@@]2(C)C1CC[C@]2(O)C(=O)CN1CCN(c2nc3ccccc3o2)CC1. The summed E-state index contributed by atoms with van der Waals surface area (Å²) in [4.78, 5) is 23.1. The predicted octanol–water partition coefficient (Wildman–Crippen LogP) is 6.46. The van der Waals surface area contributed by atoms with Crippen LogP contribution in [0, 0.1) is 34.4 Å². The molecule has 4 aliphatic carbocycles. The number of oxazole rings is 1. The second-order valence-electron chi connectivity index (χ2n) is 15.6. The maximum Gasteiger partial charge on any atom is 0.298 e. The van der Waals surface area contributed by atoms with Gasteiger partial charge in [-0.25, -0.2) is 9.07 Å². The molecular weight excluding hydrogens is 605 g/mol. The van der Waals surface area contributed by atoms with Gasteiger partial charge in [0.2, 0.25) is 0 Å². The minimum absolute atomic E-state index is 0.000571. The van der Waals surface area contributed by atoms with E-state index in [1.807, 2.05) is 35.1 Å². The van der Waals surface area contributed by atoms with Crippen LogP contribution in [-0.2, 0) is 11.2 Å². The first-order chi connectivity index (χ1) is 23.2. The van der Waals surface area contributed by atoms with Gasteiger partial charge >= 0.3 is 0 Å². The van der Waals surface area contributed by atoms with Gasteiger partial charge in [0.25, 0.3) is 6.01 Å². The molecule has 2 aromatic carbocycles. The van der Waals surface area contributed by atoms with Crippen molar-refractivity contribution in [2.75, 3.05) is 37.6 Å². The molecule has 4 aromatic rings. The number of carbonyl (C=O) groups is 1. The number of aliphatic hydroxyl groups is 1. The number of allylic oxidation sites excluding steroid dienone is 1. The summed E-state index contributed by atoms with van der Waals surface area (Å²) < 4.78 is 21.6. The van der Waals surface area contributed by atoms with E-state index in [1.54, 1.807) is 12.1 Å². The molecule has 3 saturated carbocycles. The zero-order chi connectivity index (χ0) is 32.8. The standard InChI is InChI=1S/C39H44FN5O3/c1-37-22-25-23-41-45(28-10-8-27(40)9-11-28)33(25)21-26(37)7-12-29-30(37)13-15-38(2)31(29)14-16-39(38,47)35(46)24-43-17-19-44(20-18-43)36-42-32-5-3-4-6-34(32)48-36/h3-6,8-11,21,23,29-31,47H,7,12-20,22,24H2,1-2H3/t29?,30?,31?,37-,38-,39-/m0/s1. The number of benzene rings is 2. The molecule has 6 atom stereocenters. The smallest absolute Gasteiger partial charge is 0.298 e. The van der Waals surface area contributed by atoms with Gasteiger partial charge in [0.1, 0.15) is 16.9 Å². The fourth-order valence-corrected chi connectivity index (χ4v) is 10.7. The Labute approximate surface area is 280 Å². The Bertz CT molecular complexity index is 1890. The van der Waals surface area contributed by atoms with Crippen LogP contribution in [0.5, 0.6) is 0 Å². The average Bonchev–Trinajstić information content (AvgIpc) is 3.78. The summed E-state index contributed by atoms with van der Waals surface area (Å²) in [6.07, 6.45) is 10.8. The number of piperazine rings is 1. The first-order valence-electron chi connectivity index (χ1n) is 17.8. The van der Waals surface area contributed by atoms with Crippen molar-refractivity contribution in [3.63, 3.8) is 0 Å².